The van der Waals surface area contributed by atoms with Gasteiger partial charge in [0.2, 0.25) is 5.13 Å². The molecule has 174 valence electrons. The van der Waals surface area contributed by atoms with Crippen LogP contribution in [0, 0.1) is 0 Å². The van der Waals surface area contributed by atoms with E-state index < -0.39 is 0 Å². The van der Waals surface area contributed by atoms with Crippen LogP contribution in [0.25, 0.3) is 0 Å². The first-order valence-electron chi connectivity index (χ1n) is 11.7. The Balaban J connectivity index is 1.16. The highest BCUT2D eigenvalue weighted by Crippen LogP contribution is 2.22. The van der Waals surface area contributed by atoms with Gasteiger partial charge >= 0.3 is 6.03 Å². The highest BCUT2D eigenvalue weighted by atomic mass is 32.1. The zero-order chi connectivity index (χ0) is 22.2. The molecule has 2 amide bonds. The van der Waals surface area contributed by atoms with Crippen molar-refractivity contribution in [2.45, 2.75) is 44.6 Å². The van der Waals surface area contributed by atoms with Gasteiger partial charge in [0.15, 0.2) is 0 Å². The van der Waals surface area contributed by atoms with Crippen molar-refractivity contribution in [1.29, 1.82) is 0 Å². The van der Waals surface area contributed by atoms with Gasteiger partial charge < -0.3 is 20.3 Å². The number of nitrogens with one attached hydrogen (secondary N) is 2. The number of amides is 2. The van der Waals surface area contributed by atoms with E-state index in [0.29, 0.717) is 19.0 Å². The van der Waals surface area contributed by atoms with E-state index in [1.54, 1.807) is 7.11 Å². The molecule has 1 aliphatic carbocycles. The molecule has 4 rings (SSSR count). The number of nitrogens with zero attached hydrogens (tertiary/aromatic N) is 4. The van der Waals surface area contributed by atoms with E-state index in [1.165, 1.54) is 30.8 Å². The predicted molar refractivity (Wildman–Crippen MR) is 128 cm³/mol. The highest BCUT2D eigenvalue weighted by molar-refractivity contribution is 7.09. The fourth-order valence-corrected chi connectivity index (χ4v) is 5.12. The Labute approximate surface area is 194 Å². The molecule has 2 aromatic rings. The molecule has 0 unspecified atom stereocenters. The first-order chi connectivity index (χ1) is 15.7. The fourth-order valence-electron chi connectivity index (χ4n) is 4.38. The molecule has 2 heterocycles. The Kier molecular flexibility index (Phi) is 8.17. The fraction of sp³-hybridized carbons (Fsp3) is 0.609. The van der Waals surface area contributed by atoms with E-state index >= 15 is 0 Å². The lowest BCUT2D eigenvalue weighted by Gasteiger charge is -2.34. The zero-order valence-corrected chi connectivity index (χ0v) is 19.7. The number of benzene rings is 1. The number of urea groups is 1. The number of methoxy groups -OCH3 is 1. The molecule has 2 N–H and O–H groups in total. The summed E-state index contributed by atoms with van der Waals surface area (Å²) < 4.78 is 9.86. The quantitative estimate of drug-likeness (QED) is 0.633. The summed E-state index contributed by atoms with van der Waals surface area (Å²) >= 11 is 1.47. The standard InChI is InChI=1S/C23H34N6O2S/c1-31-20-9-5-6-18(16-20)17-21-26-23(32-27-21)29-14-12-28(13-15-29)11-10-24-22(30)25-19-7-3-2-4-8-19/h5-6,9,16,19H,2-4,7-8,10-15,17H2,1H3,(H2,24,25,30). The van der Waals surface area contributed by atoms with E-state index in [9.17, 15) is 4.79 Å². The summed E-state index contributed by atoms with van der Waals surface area (Å²) in [5, 5.41) is 7.13. The smallest absolute Gasteiger partial charge is 0.315 e. The van der Waals surface area contributed by atoms with Crippen molar-refractivity contribution >= 4 is 22.7 Å². The van der Waals surface area contributed by atoms with Gasteiger partial charge in [-0.3, -0.25) is 4.90 Å². The number of piperazine rings is 1. The molecular formula is C23H34N6O2S. The second kappa shape index (κ2) is 11.5. The molecule has 1 aliphatic heterocycles. The van der Waals surface area contributed by atoms with Crippen LogP contribution in [-0.4, -0.2) is 72.7 Å². The lowest BCUT2D eigenvalue weighted by molar-refractivity contribution is 0.225. The minimum absolute atomic E-state index is 0.0204. The lowest BCUT2D eigenvalue weighted by atomic mass is 9.96. The van der Waals surface area contributed by atoms with Crippen LogP contribution in [0.4, 0.5) is 9.93 Å². The summed E-state index contributed by atoms with van der Waals surface area (Å²) in [5.74, 6) is 1.71. The number of ether oxygens (including phenoxy) is 1. The Morgan fingerprint density at radius 3 is 2.78 bits per heavy atom. The maximum absolute atomic E-state index is 12.1. The summed E-state index contributed by atoms with van der Waals surface area (Å²) in [6.07, 6.45) is 6.69. The molecule has 0 bridgehead atoms. The summed E-state index contributed by atoms with van der Waals surface area (Å²) in [4.78, 5) is 21.6. The van der Waals surface area contributed by atoms with Gasteiger partial charge in [-0.05, 0) is 30.5 Å². The summed E-state index contributed by atoms with van der Waals surface area (Å²) in [5.41, 5.74) is 1.15. The van der Waals surface area contributed by atoms with Crippen LogP contribution in [0.1, 0.15) is 43.5 Å². The van der Waals surface area contributed by atoms with Crippen LogP contribution in [0.2, 0.25) is 0 Å². The summed E-state index contributed by atoms with van der Waals surface area (Å²) in [7, 11) is 1.68. The topological polar surface area (TPSA) is 82.6 Å². The van der Waals surface area contributed by atoms with Gasteiger partial charge in [-0.25, -0.2) is 9.78 Å². The van der Waals surface area contributed by atoms with Gasteiger partial charge in [0.1, 0.15) is 11.6 Å². The van der Waals surface area contributed by atoms with Gasteiger partial charge in [-0.2, -0.15) is 4.37 Å². The second-order valence-corrected chi connectivity index (χ2v) is 9.32. The van der Waals surface area contributed by atoms with Gasteiger partial charge in [-0.15, -0.1) is 0 Å². The van der Waals surface area contributed by atoms with E-state index in [1.807, 2.05) is 18.2 Å². The van der Waals surface area contributed by atoms with Crippen molar-refractivity contribution < 1.29 is 9.53 Å². The van der Waals surface area contributed by atoms with E-state index in [4.69, 9.17) is 9.72 Å². The van der Waals surface area contributed by atoms with E-state index in [-0.39, 0.29) is 6.03 Å². The molecule has 0 atom stereocenters. The number of hydrogen-bond donors (Lipinski definition) is 2. The average Bonchev–Trinajstić information content (AvgIpc) is 3.29. The molecule has 32 heavy (non-hydrogen) atoms. The molecule has 1 saturated carbocycles. The van der Waals surface area contributed by atoms with Crippen LogP contribution in [-0.2, 0) is 6.42 Å². The third kappa shape index (κ3) is 6.56. The molecular weight excluding hydrogens is 424 g/mol. The van der Waals surface area contributed by atoms with Crippen LogP contribution < -0.4 is 20.3 Å². The SMILES string of the molecule is COc1cccc(Cc2nsc(N3CCN(CCNC(=O)NC4CCCCC4)CC3)n2)c1. The summed E-state index contributed by atoms with van der Waals surface area (Å²) in [6, 6.07) is 8.38. The molecule has 0 radical (unpaired) electrons. The predicted octanol–water partition coefficient (Wildman–Crippen LogP) is 2.89. The Bertz CT molecular complexity index is 862. The average molecular weight is 459 g/mol. The van der Waals surface area contributed by atoms with Crippen molar-refractivity contribution in [2.75, 3.05) is 51.3 Å². The number of aromatic nitrogens is 2. The first kappa shape index (κ1) is 22.8. The molecule has 1 aromatic carbocycles. The normalized spacial score (nSPS) is 17.8. The monoisotopic (exact) mass is 458 g/mol. The van der Waals surface area contributed by atoms with Crippen LogP contribution in [0.15, 0.2) is 24.3 Å². The van der Waals surface area contributed by atoms with E-state index in [0.717, 1.165) is 67.8 Å². The third-order valence-electron chi connectivity index (χ3n) is 6.25. The minimum Gasteiger partial charge on any atom is -0.497 e. The van der Waals surface area contributed by atoms with Crippen molar-refractivity contribution in [3.63, 3.8) is 0 Å². The number of rotatable bonds is 8. The molecule has 2 aliphatic rings. The number of anilines is 1. The van der Waals surface area contributed by atoms with Crippen LogP contribution in [0.3, 0.4) is 0 Å². The third-order valence-corrected chi connectivity index (χ3v) is 7.07. The molecule has 0 spiro atoms. The largest absolute Gasteiger partial charge is 0.497 e. The number of carbonyl (C=O) groups excluding carboxylic acids is 1. The van der Waals surface area contributed by atoms with Gasteiger partial charge in [0.25, 0.3) is 0 Å². The summed E-state index contributed by atoms with van der Waals surface area (Å²) in [6.45, 7) is 5.36. The maximum Gasteiger partial charge on any atom is 0.315 e. The zero-order valence-electron chi connectivity index (χ0n) is 18.9. The molecule has 2 fully saturated rings. The van der Waals surface area contributed by atoms with Crippen molar-refractivity contribution in [1.82, 2.24) is 24.9 Å². The van der Waals surface area contributed by atoms with Gasteiger partial charge in [-0.1, -0.05) is 31.4 Å². The minimum atomic E-state index is -0.0204. The lowest BCUT2D eigenvalue weighted by Crippen LogP contribution is -2.50. The Morgan fingerprint density at radius 1 is 1.19 bits per heavy atom. The maximum atomic E-state index is 12.1. The van der Waals surface area contributed by atoms with Gasteiger partial charge in [0.05, 0.1) is 7.11 Å². The van der Waals surface area contributed by atoms with Crippen LogP contribution >= 0.6 is 11.5 Å². The number of carbonyl (C=O) groups is 1. The highest BCUT2D eigenvalue weighted by Gasteiger charge is 2.20. The molecule has 1 saturated heterocycles. The van der Waals surface area contributed by atoms with Crippen molar-refractivity contribution in [3.8, 4) is 5.75 Å². The van der Waals surface area contributed by atoms with Crippen molar-refractivity contribution in [2.24, 2.45) is 0 Å². The molecule has 1 aromatic heterocycles. The Morgan fingerprint density at radius 2 is 2.00 bits per heavy atom. The second-order valence-electron chi connectivity index (χ2n) is 8.59. The Hall–Kier alpha value is -2.39. The molecule has 8 nitrogen and oxygen atoms in total. The van der Waals surface area contributed by atoms with Crippen LogP contribution in [0.5, 0.6) is 5.75 Å². The van der Waals surface area contributed by atoms with E-state index in [2.05, 4.69) is 30.9 Å². The first-order valence-corrected chi connectivity index (χ1v) is 12.4. The van der Waals surface area contributed by atoms with Gasteiger partial charge in [0, 0.05) is 63.3 Å². The molecule has 9 heteroatoms. The number of hydrogen-bond acceptors (Lipinski definition) is 7. The van der Waals surface area contributed by atoms with Crippen molar-refractivity contribution in [3.05, 3.63) is 35.7 Å².